The lowest BCUT2D eigenvalue weighted by molar-refractivity contribution is -0.134. The summed E-state index contributed by atoms with van der Waals surface area (Å²) < 4.78 is 1.68. The van der Waals surface area contributed by atoms with Gasteiger partial charge in [0.1, 0.15) is 12.2 Å². The minimum atomic E-state index is -0.138. The summed E-state index contributed by atoms with van der Waals surface area (Å²) in [4.78, 5) is 18.6. The van der Waals surface area contributed by atoms with Crippen LogP contribution in [-0.4, -0.2) is 39.2 Å². The normalized spacial score (nSPS) is 21.0. The molecule has 7 heteroatoms. The van der Waals surface area contributed by atoms with E-state index < -0.39 is 0 Å². The van der Waals surface area contributed by atoms with E-state index in [1.54, 1.807) is 16.6 Å². The van der Waals surface area contributed by atoms with Crippen molar-refractivity contribution in [1.29, 1.82) is 0 Å². The van der Waals surface area contributed by atoms with E-state index >= 15 is 0 Å². The Balaban J connectivity index is 1.72. The molecule has 2 unspecified atom stereocenters. The van der Waals surface area contributed by atoms with Crippen molar-refractivity contribution < 1.29 is 4.79 Å². The SMILES string of the molecule is CN(Cc1ncnn1C)C(=O)C1CNNC1c1ccccc1. The predicted octanol–water partition coefficient (Wildman–Crippen LogP) is 0.239. The van der Waals surface area contributed by atoms with E-state index in [1.165, 1.54) is 6.33 Å². The number of aryl methyl sites for hydroxylation is 1. The van der Waals surface area contributed by atoms with Crippen LogP contribution in [0.2, 0.25) is 0 Å². The van der Waals surface area contributed by atoms with Gasteiger partial charge in [0.25, 0.3) is 0 Å². The monoisotopic (exact) mass is 300 g/mol. The zero-order chi connectivity index (χ0) is 15.5. The van der Waals surface area contributed by atoms with Crippen molar-refractivity contribution in [2.24, 2.45) is 13.0 Å². The summed E-state index contributed by atoms with van der Waals surface area (Å²) in [6.45, 7) is 1.06. The van der Waals surface area contributed by atoms with Crippen LogP contribution in [-0.2, 0) is 18.4 Å². The van der Waals surface area contributed by atoms with Gasteiger partial charge < -0.3 is 4.90 Å². The zero-order valence-electron chi connectivity index (χ0n) is 12.7. The van der Waals surface area contributed by atoms with Crippen molar-refractivity contribution >= 4 is 5.91 Å². The Morgan fingerprint density at radius 2 is 2.18 bits per heavy atom. The Morgan fingerprint density at radius 1 is 1.41 bits per heavy atom. The second-order valence-corrected chi connectivity index (χ2v) is 5.51. The van der Waals surface area contributed by atoms with Crippen LogP contribution >= 0.6 is 0 Å². The predicted molar refractivity (Wildman–Crippen MR) is 81.3 cm³/mol. The van der Waals surface area contributed by atoms with Gasteiger partial charge in [-0.3, -0.25) is 14.9 Å². The molecule has 1 aromatic carbocycles. The Morgan fingerprint density at radius 3 is 2.86 bits per heavy atom. The molecule has 1 amide bonds. The first-order valence-corrected chi connectivity index (χ1v) is 7.28. The molecule has 1 fully saturated rings. The van der Waals surface area contributed by atoms with Gasteiger partial charge in [-0.15, -0.1) is 0 Å². The van der Waals surface area contributed by atoms with E-state index in [9.17, 15) is 4.79 Å². The summed E-state index contributed by atoms with van der Waals surface area (Å²) in [5.41, 5.74) is 7.40. The highest BCUT2D eigenvalue weighted by Crippen LogP contribution is 2.26. The van der Waals surface area contributed by atoms with Crippen LogP contribution in [0.4, 0.5) is 0 Å². The Kier molecular flexibility index (Phi) is 4.17. The van der Waals surface area contributed by atoms with E-state index in [0.717, 1.165) is 11.4 Å². The molecule has 0 aliphatic carbocycles. The average Bonchev–Trinajstić information content (AvgIpc) is 3.17. The fraction of sp³-hybridized carbons (Fsp3) is 0.400. The van der Waals surface area contributed by atoms with Crippen LogP contribution < -0.4 is 10.9 Å². The van der Waals surface area contributed by atoms with Crippen LogP contribution in [0.15, 0.2) is 36.7 Å². The van der Waals surface area contributed by atoms with Crippen molar-refractivity contribution in [1.82, 2.24) is 30.5 Å². The van der Waals surface area contributed by atoms with Gasteiger partial charge in [-0.05, 0) is 5.56 Å². The molecule has 0 saturated carbocycles. The number of rotatable bonds is 4. The highest BCUT2D eigenvalue weighted by atomic mass is 16.2. The minimum Gasteiger partial charge on any atom is -0.338 e. The number of aromatic nitrogens is 3. The van der Waals surface area contributed by atoms with Crippen LogP contribution in [0.3, 0.4) is 0 Å². The van der Waals surface area contributed by atoms with E-state index in [4.69, 9.17) is 0 Å². The van der Waals surface area contributed by atoms with E-state index in [2.05, 4.69) is 20.9 Å². The first-order valence-electron chi connectivity index (χ1n) is 7.28. The molecule has 7 nitrogen and oxygen atoms in total. The summed E-state index contributed by atoms with van der Waals surface area (Å²) in [5, 5.41) is 4.03. The van der Waals surface area contributed by atoms with Crippen LogP contribution in [0, 0.1) is 5.92 Å². The van der Waals surface area contributed by atoms with Gasteiger partial charge in [-0.25, -0.2) is 10.4 Å². The molecule has 1 saturated heterocycles. The summed E-state index contributed by atoms with van der Waals surface area (Å²) in [6, 6.07) is 10.0. The Bertz CT molecular complexity index is 640. The molecule has 2 atom stereocenters. The number of benzene rings is 1. The van der Waals surface area contributed by atoms with Gasteiger partial charge in [-0.2, -0.15) is 5.10 Å². The van der Waals surface area contributed by atoms with Gasteiger partial charge in [0.05, 0.1) is 18.5 Å². The molecule has 2 N–H and O–H groups in total. The van der Waals surface area contributed by atoms with Gasteiger partial charge in [0, 0.05) is 20.6 Å². The lowest BCUT2D eigenvalue weighted by Gasteiger charge is -2.24. The number of carbonyl (C=O) groups is 1. The maximum atomic E-state index is 12.8. The smallest absolute Gasteiger partial charge is 0.229 e. The third-order valence-electron chi connectivity index (χ3n) is 4.02. The van der Waals surface area contributed by atoms with Crippen molar-refractivity contribution in [3.63, 3.8) is 0 Å². The van der Waals surface area contributed by atoms with Crippen molar-refractivity contribution in [2.45, 2.75) is 12.6 Å². The summed E-state index contributed by atoms with van der Waals surface area (Å²) in [5.74, 6) is 0.723. The fourth-order valence-corrected chi connectivity index (χ4v) is 2.74. The molecule has 0 spiro atoms. The maximum absolute atomic E-state index is 12.8. The lowest BCUT2D eigenvalue weighted by Crippen LogP contribution is -2.36. The highest BCUT2D eigenvalue weighted by Gasteiger charge is 2.35. The molecule has 1 aliphatic heterocycles. The van der Waals surface area contributed by atoms with Gasteiger partial charge in [0.15, 0.2) is 0 Å². The topological polar surface area (TPSA) is 75.1 Å². The second-order valence-electron chi connectivity index (χ2n) is 5.51. The van der Waals surface area contributed by atoms with Crippen molar-refractivity contribution in [3.8, 4) is 0 Å². The number of nitrogens with zero attached hydrogens (tertiary/aromatic N) is 4. The fourth-order valence-electron chi connectivity index (χ4n) is 2.74. The maximum Gasteiger partial charge on any atom is 0.229 e. The number of hydrogen-bond acceptors (Lipinski definition) is 5. The third kappa shape index (κ3) is 2.86. The van der Waals surface area contributed by atoms with Crippen LogP contribution in [0.25, 0.3) is 0 Å². The van der Waals surface area contributed by atoms with Gasteiger partial charge in [0.2, 0.25) is 5.91 Å². The molecule has 3 rings (SSSR count). The van der Waals surface area contributed by atoms with Gasteiger partial charge >= 0.3 is 0 Å². The molecule has 1 aliphatic rings. The first kappa shape index (κ1) is 14.7. The lowest BCUT2D eigenvalue weighted by atomic mass is 9.94. The molecule has 116 valence electrons. The number of amides is 1. The molecule has 2 aromatic rings. The van der Waals surface area contributed by atoms with E-state index in [-0.39, 0.29) is 17.9 Å². The third-order valence-corrected chi connectivity index (χ3v) is 4.02. The quantitative estimate of drug-likeness (QED) is 0.846. The van der Waals surface area contributed by atoms with Crippen LogP contribution in [0.5, 0.6) is 0 Å². The summed E-state index contributed by atoms with van der Waals surface area (Å²) in [7, 11) is 3.63. The number of carbonyl (C=O) groups excluding carboxylic acids is 1. The molecule has 0 bridgehead atoms. The average molecular weight is 300 g/mol. The largest absolute Gasteiger partial charge is 0.338 e. The molecular formula is C15H20N6O. The van der Waals surface area contributed by atoms with E-state index in [0.29, 0.717) is 13.1 Å². The van der Waals surface area contributed by atoms with Crippen LogP contribution in [0.1, 0.15) is 17.4 Å². The molecular weight excluding hydrogens is 280 g/mol. The number of nitrogens with one attached hydrogen (secondary N) is 2. The van der Waals surface area contributed by atoms with E-state index in [1.807, 2.05) is 37.4 Å². The van der Waals surface area contributed by atoms with Crippen molar-refractivity contribution in [3.05, 3.63) is 48.0 Å². The summed E-state index contributed by atoms with van der Waals surface area (Å²) >= 11 is 0. The summed E-state index contributed by atoms with van der Waals surface area (Å²) in [6.07, 6.45) is 1.50. The second kappa shape index (κ2) is 6.25. The molecule has 2 heterocycles. The number of hydrazine groups is 1. The molecule has 1 aromatic heterocycles. The zero-order valence-corrected chi connectivity index (χ0v) is 12.7. The number of hydrogen-bond donors (Lipinski definition) is 2. The molecule has 0 radical (unpaired) electrons. The Hall–Kier alpha value is -2.25. The van der Waals surface area contributed by atoms with Gasteiger partial charge in [-0.1, -0.05) is 30.3 Å². The Labute approximate surface area is 129 Å². The van der Waals surface area contributed by atoms with Crippen molar-refractivity contribution in [2.75, 3.05) is 13.6 Å². The highest BCUT2D eigenvalue weighted by molar-refractivity contribution is 5.80. The molecule has 22 heavy (non-hydrogen) atoms. The minimum absolute atomic E-state index is 0.0179. The standard InChI is InChI=1S/C15H20N6O/c1-20(9-13-16-10-18-21(13)2)15(22)12-8-17-19-14(12)11-6-4-3-5-7-11/h3-7,10,12,14,17,19H,8-9H2,1-2H3. The first-order chi connectivity index (χ1) is 10.7.